The van der Waals surface area contributed by atoms with Gasteiger partial charge in [-0.2, -0.15) is 0 Å². The van der Waals surface area contributed by atoms with Gasteiger partial charge < -0.3 is 29.7 Å². The van der Waals surface area contributed by atoms with Gasteiger partial charge in [-0.15, -0.1) is 0 Å². The molecule has 0 bridgehead atoms. The lowest BCUT2D eigenvalue weighted by Gasteiger charge is -2.26. The Labute approximate surface area is 239 Å². The minimum Gasteiger partial charge on any atom is -0.489 e. The van der Waals surface area contributed by atoms with Gasteiger partial charge in [0.2, 0.25) is 11.8 Å². The summed E-state index contributed by atoms with van der Waals surface area (Å²) in [6.07, 6.45) is -0.273. The van der Waals surface area contributed by atoms with Crippen molar-refractivity contribution in [3.8, 4) is 5.75 Å². The fourth-order valence-electron chi connectivity index (χ4n) is 4.02. The molecule has 208 valence electrons. The zero-order chi connectivity index (χ0) is 35.3. The number of carbonyl (C=O) groups is 4. The standard InChI is InChI=1S/C29H35N3O7/c1-29(2,3)39-26(34)12-11-23(27(30)35)32-16-22-21(28(32)36)5-4-6-24(22)38-17-20-9-7-19(8-10-20)15-31-13-14-37-18-25(31)33/h4-10,23H,11-18H2,1-3H3,(H2,30,35)/t23-/m0/s1/i13D2,14D2,15D2,17D2. The number of primary amides is 1. The topological polar surface area (TPSA) is 128 Å². The molecule has 0 unspecified atom stereocenters. The van der Waals surface area contributed by atoms with Gasteiger partial charge in [0, 0.05) is 30.5 Å². The average Bonchev–Trinajstić information content (AvgIpc) is 3.27. The molecule has 0 radical (unpaired) electrons. The molecule has 0 aliphatic carbocycles. The number of morpholine rings is 1. The van der Waals surface area contributed by atoms with Crippen molar-refractivity contribution in [2.24, 2.45) is 5.73 Å². The van der Waals surface area contributed by atoms with Crippen molar-refractivity contribution >= 4 is 23.7 Å². The molecule has 10 nitrogen and oxygen atoms in total. The lowest BCUT2D eigenvalue weighted by atomic mass is 10.1. The Morgan fingerprint density at radius 1 is 1.15 bits per heavy atom. The minimum absolute atomic E-state index is 0.0209. The summed E-state index contributed by atoms with van der Waals surface area (Å²) in [6, 6.07) is 7.80. The number of amides is 3. The summed E-state index contributed by atoms with van der Waals surface area (Å²) in [6.45, 7) is -7.55. The van der Waals surface area contributed by atoms with Crippen LogP contribution in [0.3, 0.4) is 0 Å². The van der Waals surface area contributed by atoms with Crippen LogP contribution in [0.25, 0.3) is 0 Å². The first kappa shape index (κ1) is 19.2. The summed E-state index contributed by atoms with van der Waals surface area (Å²) in [4.78, 5) is 51.7. The number of nitrogens with zero attached hydrogens (tertiary/aromatic N) is 2. The van der Waals surface area contributed by atoms with Gasteiger partial charge >= 0.3 is 5.97 Å². The van der Waals surface area contributed by atoms with E-state index in [0.717, 1.165) is 12.1 Å². The van der Waals surface area contributed by atoms with Gasteiger partial charge in [0.15, 0.2) is 0 Å². The molecule has 1 saturated heterocycles. The zero-order valence-electron chi connectivity index (χ0n) is 29.8. The molecule has 1 atom stereocenters. The van der Waals surface area contributed by atoms with Gasteiger partial charge in [0.05, 0.1) is 24.1 Å². The third-order valence-electron chi connectivity index (χ3n) is 5.78. The van der Waals surface area contributed by atoms with Gasteiger partial charge in [-0.1, -0.05) is 30.3 Å². The van der Waals surface area contributed by atoms with Crippen molar-refractivity contribution in [2.45, 2.75) is 64.9 Å². The van der Waals surface area contributed by atoms with E-state index in [9.17, 15) is 19.2 Å². The second-order valence-corrected chi connectivity index (χ2v) is 9.88. The highest BCUT2D eigenvalue weighted by molar-refractivity contribution is 6.01. The largest absolute Gasteiger partial charge is 0.489 e. The second kappa shape index (κ2) is 11.9. The third kappa shape index (κ3) is 7.14. The lowest BCUT2D eigenvalue weighted by molar-refractivity contribution is -0.155. The molecule has 2 heterocycles. The average molecular weight is 546 g/mol. The quantitative estimate of drug-likeness (QED) is 0.455. The van der Waals surface area contributed by atoms with Crippen LogP contribution >= 0.6 is 0 Å². The first-order valence-electron chi connectivity index (χ1n) is 16.2. The molecule has 0 aromatic heterocycles. The van der Waals surface area contributed by atoms with E-state index in [1.54, 1.807) is 20.8 Å². The van der Waals surface area contributed by atoms with E-state index < -0.39 is 68.1 Å². The monoisotopic (exact) mass is 545 g/mol. The molecule has 2 aliphatic rings. The van der Waals surface area contributed by atoms with E-state index in [1.165, 1.54) is 35.2 Å². The molecule has 2 aromatic carbocycles. The summed E-state index contributed by atoms with van der Waals surface area (Å²) in [5, 5.41) is 0. The second-order valence-electron chi connectivity index (χ2n) is 9.88. The maximum atomic E-state index is 13.3. The van der Waals surface area contributed by atoms with Crippen LogP contribution in [0.5, 0.6) is 5.75 Å². The molecule has 39 heavy (non-hydrogen) atoms. The first-order valence-corrected chi connectivity index (χ1v) is 12.2. The van der Waals surface area contributed by atoms with Crippen LogP contribution in [-0.4, -0.2) is 64.8 Å². The first-order chi connectivity index (χ1) is 21.5. The van der Waals surface area contributed by atoms with Crippen LogP contribution in [-0.2, 0) is 43.5 Å². The summed E-state index contributed by atoms with van der Waals surface area (Å²) in [5.41, 5.74) is 4.91. The summed E-state index contributed by atoms with van der Waals surface area (Å²) < 4.78 is 81.6. The van der Waals surface area contributed by atoms with E-state index in [0.29, 0.717) is 0 Å². The van der Waals surface area contributed by atoms with Crippen molar-refractivity contribution < 1.29 is 44.4 Å². The summed E-state index contributed by atoms with van der Waals surface area (Å²) in [5.74, 6) is -3.11. The van der Waals surface area contributed by atoms with Crippen LogP contribution in [0.2, 0.25) is 0 Å². The molecule has 4 rings (SSSR count). The van der Waals surface area contributed by atoms with E-state index >= 15 is 0 Å². The SMILES string of the molecule is [2H]C([2H])(Oc1cccc2c1CN([C@@H](CCC(=O)OC(C)(C)C)C(N)=O)C2=O)c1ccc(C([2H])([2H])N2C(=O)COC([2H])([2H])C2([2H])[2H])cc1. The number of carbonyl (C=O) groups excluding carboxylic acids is 4. The lowest BCUT2D eigenvalue weighted by Crippen LogP contribution is -2.45. The molecule has 2 aliphatic heterocycles. The number of esters is 1. The maximum Gasteiger partial charge on any atom is 0.306 e. The highest BCUT2D eigenvalue weighted by atomic mass is 16.6. The molecular weight excluding hydrogens is 502 g/mol. The fraction of sp³-hybridized carbons (Fsp3) is 0.448. The van der Waals surface area contributed by atoms with Crippen molar-refractivity contribution in [3.05, 3.63) is 64.7 Å². The smallest absolute Gasteiger partial charge is 0.306 e. The Bertz CT molecular complexity index is 1580. The van der Waals surface area contributed by atoms with Gasteiger partial charge in [0.1, 0.15) is 30.6 Å². The van der Waals surface area contributed by atoms with E-state index in [1.807, 2.05) is 0 Å². The van der Waals surface area contributed by atoms with Crippen LogP contribution in [0.1, 0.15) is 71.6 Å². The molecule has 1 fully saturated rings. The number of benzene rings is 2. The normalized spacial score (nSPS) is 22.5. The molecule has 0 spiro atoms. The Morgan fingerprint density at radius 3 is 2.56 bits per heavy atom. The summed E-state index contributed by atoms with van der Waals surface area (Å²) in [7, 11) is 0. The predicted octanol–water partition coefficient (Wildman–Crippen LogP) is 2.56. The Morgan fingerprint density at radius 2 is 1.87 bits per heavy atom. The van der Waals surface area contributed by atoms with Crippen LogP contribution < -0.4 is 10.5 Å². The Balaban J connectivity index is 1.54. The van der Waals surface area contributed by atoms with Crippen molar-refractivity contribution in [1.29, 1.82) is 0 Å². The molecule has 2 N–H and O–H groups in total. The van der Waals surface area contributed by atoms with Gasteiger partial charge in [0.25, 0.3) is 5.91 Å². The van der Waals surface area contributed by atoms with E-state index in [2.05, 4.69) is 4.74 Å². The number of hydrogen-bond acceptors (Lipinski definition) is 7. The van der Waals surface area contributed by atoms with Gasteiger partial charge in [-0.05, 0) is 50.5 Å². The highest BCUT2D eigenvalue weighted by Crippen LogP contribution is 2.33. The molecular formula is C29H35N3O7. The number of ether oxygens (including phenoxy) is 3. The van der Waals surface area contributed by atoms with E-state index in [4.69, 9.17) is 26.2 Å². The number of nitrogens with two attached hydrogens (primary N) is 1. The highest BCUT2D eigenvalue weighted by Gasteiger charge is 2.37. The van der Waals surface area contributed by atoms with E-state index in [-0.39, 0.29) is 52.3 Å². The van der Waals surface area contributed by atoms with Gasteiger partial charge in [-0.3, -0.25) is 19.2 Å². The maximum absolute atomic E-state index is 13.3. The van der Waals surface area contributed by atoms with Gasteiger partial charge in [-0.25, -0.2) is 0 Å². The fourth-order valence-corrected chi connectivity index (χ4v) is 4.02. The molecule has 2 aromatic rings. The number of hydrogen-bond donors (Lipinski definition) is 1. The molecule has 0 saturated carbocycles. The zero-order valence-corrected chi connectivity index (χ0v) is 21.8. The van der Waals surface area contributed by atoms with Crippen LogP contribution in [0.15, 0.2) is 42.5 Å². The van der Waals surface area contributed by atoms with Crippen molar-refractivity contribution in [3.63, 3.8) is 0 Å². The van der Waals surface area contributed by atoms with Crippen LogP contribution in [0.4, 0.5) is 0 Å². The third-order valence-corrected chi connectivity index (χ3v) is 5.78. The van der Waals surface area contributed by atoms with Crippen molar-refractivity contribution in [2.75, 3.05) is 19.7 Å². The number of fused-ring (bicyclic) bond motifs is 1. The van der Waals surface area contributed by atoms with Crippen LogP contribution in [0, 0.1) is 0 Å². The Hall–Kier alpha value is -3.92. The number of rotatable bonds is 10. The minimum atomic E-state index is -3.18. The molecule has 10 heteroatoms. The summed E-state index contributed by atoms with van der Waals surface area (Å²) >= 11 is 0. The van der Waals surface area contributed by atoms with Crippen molar-refractivity contribution in [1.82, 2.24) is 9.80 Å². The molecule has 3 amide bonds. The Kier molecular flexibility index (Phi) is 5.83. The predicted molar refractivity (Wildman–Crippen MR) is 141 cm³/mol.